The predicted octanol–water partition coefficient (Wildman–Crippen LogP) is 0.778. The van der Waals surface area contributed by atoms with E-state index in [0.717, 1.165) is 5.56 Å². The van der Waals surface area contributed by atoms with Crippen LogP contribution in [-0.2, 0) is 28.7 Å². The molecule has 0 spiro atoms. The van der Waals surface area contributed by atoms with Gasteiger partial charge in [0.2, 0.25) is 0 Å². The van der Waals surface area contributed by atoms with Crippen molar-refractivity contribution in [3.05, 3.63) is 29.8 Å². The van der Waals surface area contributed by atoms with Gasteiger partial charge in [-0.25, -0.2) is 0 Å². The summed E-state index contributed by atoms with van der Waals surface area (Å²) in [5, 5.41) is 0.415. The fraction of sp³-hybridized carbons (Fsp3) is 0.467. The van der Waals surface area contributed by atoms with Crippen LogP contribution in [0.5, 0.6) is 0 Å². The van der Waals surface area contributed by atoms with Crippen molar-refractivity contribution in [2.24, 2.45) is 11.8 Å². The van der Waals surface area contributed by atoms with Crippen LogP contribution < -0.4 is 0 Å². The Balaban J connectivity index is 1.61. The number of rotatable bonds is 3. The summed E-state index contributed by atoms with van der Waals surface area (Å²) in [7, 11) is -4.23. The second kappa shape index (κ2) is 4.86. The molecular formula is C15H15NO6S. The molecule has 4 atom stereocenters. The average molecular weight is 337 g/mol. The van der Waals surface area contributed by atoms with Gasteiger partial charge in [0, 0.05) is 0 Å². The van der Waals surface area contributed by atoms with Crippen LogP contribution in [0.3, 0.4) is 0 Å². The number of hydrogen-bond donors (Lipinski definition) is 0. The van der Waals surface area contributed by atoms with E-state index in [-0.39, 0.29) is 17.1 Å². The van der Waals surface area contributed by atoms with Gasteiger partial charge in [-0.1, -0.05) is 17.7 Å². The van der Waals surface area contributed by atoms with E-state index in [2.05, 4.69) is 0 Å². The van der Waals surface area contributed by atoms with E-state index in [0.29, 0.717) is 17.9 Å². The number of hydrogen-bond acceptors (Lipinski definition) is 6. The SMILES string of the molecule is Cc1ccc(S(=O)(=O)ON2C(=O)[C@H]3[C@H](C2=O)[C@H]2CC[C@H]3O2)cc1. The van der Waals surface area contributed by atoms with E-state index < -0.39 is 33.8 Å². The minimum absolute atomic E-state index is 0.0972. The molecule has 7 nitrogen and oxygen atoms in total. The van der Waals surface area contributed by atoms with Crippen LogP contribution in [0.2, 0.25) is 0 Å². The Hall–Kier alpha value is -1.77. The number of carbonyl (C=O) groups is 2. The number of imide groups is 1. The lowest BCUT2D eigenvalue weighted by Crippen LogP contribution is -2.36. The van der Waals surface area contributed by atoms with Gasteiger partial charge in [-0.05, 0) is 31.9 Å². The third-order valence-electron chi connectivity index (χ3n) is 4.73. The van der Waals surface area contributed by atoms with Crippen LogP contribution in [0.25, 0.3) is 0 Å². The van der Waals surface area contributed by atoms with Crippen molar-refractivity contribution in [3.8, 4) is 0 Å². The predicted molar refractivity (Wildman–Crippen MR) is 76.2 cm³/mol. The van der Waals surface area contributed by atoms with Gasteiger partial charge in [-0.3, -0.25) is 9.59 Å². The van der Waals surface area contributed by atoms with E-state index in [1.54, 1.807) is 12.1 Å². The molecule has 0 saturated carbocycles. The molecule has 4 rings (SSSR count). The molecule has 3 heterocycles. The average Bonchev–Trinajstić information content (AvgIpc) is 3.17. The Morgan fingerprint density at radius 1 is 1.04 bits per heavy atom. The van der Waals surface area contributed by atoms with E-state index >= 15 is 0 Å². The molecule has 3 aliphatic rings. The summed E-state index contributed by atoms with van der Waals surface area (Å²) in [6, 6.07) is 5.99. The first kappa shape index (κ1) is 14.8. The van der Waals surface area contributed by atoms with E-state index in [4.69, 9.17) is 9.02 Å². The second-order valence-corrected chi connectivity index (χ2v) is 7.68. The molecule has 0 aliphatic carbocycles. The first-order chi connectivity index (χ1) is 10.9. The van der Waals surface area contributed by atoms with Crippen molar-refractivity contribution in [2.45, 2.75) is 36.9 Å². The van der Waals surface area contributed by atoms with Crippen molar-refractivity contribution in [1.82, 2.24) is 5.06 Å². The van der Waals surface area contributed by atoms with Crippen LogP contribution in [0.4, 0.5) is 0 Å². The maximum Gasteiger partial charge on any atom is 0.318 e. The van der Waals surface area contributed by atoms with Gasteiger partial charge < -0.3 is 4.74 Å². The molecule has 3 saturated heterocycles. The minimum atomic E-state index is -4.23. The van der Waals surface area contributed by atoms with Crippen molar-refractivity contribution in [2.75, 3.05) is 0 Å². The highest BCUT2D eigenvalue weighted by Gasteiger charge is 2.63. The molecule has 3 fully saturated rings. The van der Waals surface area contributed by atoms with Crippen LogP contribution in [0, 0.1) is 18.8 Å². The summed E-state index contributed by atoms with van der Waals surface area (Å²) < 4.78 is 35.0. The van der Waals surface area contributed by atoms with E-state index in [9.17, 15) is 18.0 Å². The number of benzene rings is 1. The molecule has 0 aromatic heterocycles. The number of aryl methyl sites for hydroxylation is 1. The second-order valence-electron chi connectivity index (χ2n) is 6.15. The molecule has 0 radical (unpaired) electrons. The first-order valence-electron chi connectivity index (χ1n) is 7.43. The molecule has 1 aromatic carbocycles. The Bertz CT molecular complexity index is 759. The third kappa shape index (κ3) is 2.13. The summed E-state index contributed by atoms with van der Waals surface area (Å²) in [4.78, 5) is 24.7. The smallest absolute Gasteiger partial charge is 0.318 e. The monoisotopic (exact) mass is 337 g/mol. The number of amides is 2. The van der Waals surface area contributed by atoms with Gasteiger partial charge in [-0.2, -0.15) is 8.42 Å². The molecule has 1 aromatic rings. The van der Waals surface area contributed by atoms with E-state index in [1.165, 1.54) is 12.1 Å². The maximum atomic E-state index is 12.4. The zero-order chi connectivity index (χ0) is 16.4. The molecule has 3 aliphatic heterocycles. The van der Waals surface area contributed by atoms with Gasteiger partial charge in [0.25, 0.3) is 11.8 Å². The standard InChI is InChI=1S/C15H15NO6S/c1-8-2-4-9(5-3-8)23(19,20)22-16-14(17)12-10-6-7-11(21-10)13(12)15(16)18/h2-5,10-13H,6-7H2,1H3/t10-,11-,12-,13-/m1/s1. The fourth-order valence-corrected chi connectivity index (χ4v) is 4.50. The number of fused-ring (bicyclic) bond motifs is 5. The van der Waals surface area contributed by atoms with Gasteiger partial charge in [0.15, 0.2) is 0 Å². The summed E-state index contributed by atoms with van der Waals surface area (Å²) in [6.07, 6.45) is 0.807. The highest BCUT2D eigenvalue weighted by atomic mass is 32.2. The molecule has 23 heavy (non-hydrogen) atoms. The summed E-state index contributed by atoms with van der Waals surface area (Å²) >= 11 is 0. The maximum absolute atomic E-state index is 12.4. The van der Waals surface area contributed by atoms with Crippen molar-refractivity contribution >= 4 is 21.9 Å². The van der Waals surface area contributed by atoms with Crippen LogP contribution >= 0.6 is 0 Å². The molecule has 0 unspecified atom stereocenters. The van der Waals surface area contributed by atoms with Crippen molar-refractivity contribution < 1.29 is 27.0 Å². The fourth-order valence-electron chi connectivity index (χ4n) is 3.60. The minimum Gasteiger partial charge on any atom is -0.373 e. The topological polar surface area (TPSA) is 90.0 Å². The molecule has 8 heteroatoms. The lowest BCUT2D eigenvalue weighted by Gasteiger charge is -2.16. The van der Waals surface area contributed by atoms with Crippen molar-refractivity contribution in [3.63, 3.8) is 0 Å². The largest absolute Gasteiger partial charge is 0.373 e. The Labute approximate surface area is 133 Å². The van der Waals surface area contributed by atoms with Gasteiger partial charge >= 0.3 is 10.1 Å². The van der Waals surface area contributed by atoms with Crippen LogP contribution in [0.15, 0.2) is 29.2 Å². The number of nitrogens with zero attached hydrogens (tertiary/aromatic N) is 1. The highest BCUT2D eigenvalue weighted by Crippen LogP contribution is 2.48. The third-order valence-corrected chi connectivity index (χ3v) is 5.92. The van der Waals surface area contributed by atoms with Crippen molar-refractivity contribution in [1.29, 1.82) is 0 Å². The van der Waals surface area contributed by atoms with Crippen LogP contribution in [-0.4, -0.2) is 37.5 Å². The molecule has 122 valence electrons. The van der Waals surface area contributed by atoms with E-state index in [1.807, 2.05) is 6.92 Å². The van der Waals surface area contributed by atoms with Crippen LogP contribution in [0.1, 0.15) is 18.4 Å². The Kier molecular flexibility index (Phi) is 3.13. The highest BCUT2D eigenvalue weighted by molar-refractivity contribution is 7.86. The molecular weight excluding hydrogens is 322 g/mol. The van der Waals surface area contributed by atoms with Gasteiger partial charge in [0.1, 0.15) is 0 Å². The number of ether oxygens (including phenoxy) is 1. The molecule has 0 N–H and O–H groups in total. The lowest BCUT2D eigenvalue weighted by molar-refractivity contribution is -0.168. The lowest BCUT2D eigenvalue weighted by atomic mass is 9.81. The molecule has 2 bridgehead atoms. The Morgan fingerprint density at radius 3 is 2.09 bits per heavy atom. The zero-order valence-corrected chi connectivity index (χ0v) is 13.2. The number of hydroxylamine groups is 2. The zero-order valence-electron chi connectivity index (χ0n) is 12.3. The number of carbonyl (C=O) groups excluding carboxylic acids is 2. The summed E-state index contributed by atoms with van der Waals surface area (Å²) in [5.41, 5.74) is 0.889. The quantitative estimate of drug-likeness (QED) is 0.757. The Morgan fingerprint density at radius 2 is 1.57 bits per heavy atom. The van der Waals surface area contributed by atoms with Gasteiger partial charge in [-0.15, -0.1) is 9.35 Å². The summed E-state index contributed by atoms with van der Waals surface area (Å²) in [5.74, 6) is -2.48. The summed E-state index contributed by atoms with van der Waals surface area (Å²) in [6.45, 7) is 1.82. The van der Waals surface area contributed by atoms with Gasteiger partial charge in [0.05, 0.1) is 28.9 Å². The normalized spacial score (nSPS) is 32.7. The molecule has 2 amide bonds. The first-order valence-corrected chi connectivity index (χ1v) is 8.84.